The summed E-state index contributed by atoms with van der Waals surface area (Å²) in [5.41, 5.74) is 0.259. The molecule has 0 aliphatic rings. The van der Waals surface area contributed by atoms with E-state index in [0.29, 0.717) is 0 Å². The molecule has 0 amide bonds. The molecule has 4 heteroatoms. The van der Waals surface area contributed by atoms with Gasteiger partial charge in [0.15, 0.2) is 0 Å². The second-order valence-electron chi connectivity index (χ2n) is 6.47. The van der Waals surface area contributed by atoms with Crippen molar-refractivity contribution in [3.63, 3.8) is 0 Å². The molecule has 142 valence electrons. The fourth-order valence-corrected chi connectivity index (χ4v) is 2.97. The molecule has 0 saturated heterocycles. The predicted molar refractivity (Wildman–Crippen MR) is 129 cm³/mol. The molecule has 5 rings (SSSR count). The molecule has 28 heavy (non-hydrogen) atoms. The van der Waals surface area contributed by atoms with Crippen molar-refractivity contribution in [2.75, 3.05) is 0 Å². The van der Waals surface area contributed by atoms with Gasteiger partial charge in [0.2, 0.25) is 0 Å². The Morgan fingerprint density at radius 1 is 0.643 bits per heavy atom. The van der Waals surface area contributed by atoms with Gasteiger partial charge >= 0.3 is 41.6 Å². The van der Waals surface area contributed by atoms with Gasteiger partial charge in [-0.25, -0.2) is 0 Å². The number of hydrogen-bond acceptors (Lipinski definition) is 0. The Balaban J connectivity index is 0.000000231. The standard InChI is InChI=1S/C13H9.C9H7.C2H6Si.2ClH.Hf/c1-3-7-12-10(5-1)9-11-6-2-4-8-13(11)12;1-2-5-9-7-3-6-8(9)4-1;1-3-2;;;/h1-9H;1-7H;1-2H3;2*1H;/q2*-1;;;;+2. The number of halogens is 2. The smallest absolute Gasteiger partial charge is 0.0771 e. The van der Waals surface area contributed by atoms with Gasteiger partial charge in [0.05, 0.1) is 0 Å². The maximum Gasteiger partial charge on any atom is -0.0771 e. The van der Waals surface area contributed by atoms with E-state index in [0.717, 1.165) is 0 Å². The van der Waals surface area contributed by atoms with E-state index in [1.165, 1.54) is 55.3 Å². The molecule has 0 spiro atoms. The Morgan fingerprint density at radius 2 is 1.07 bits per heavy atom. The van der Waals surface area contributed by atoms with E-state index >= 15 is 0 Å². The van der Waals surface area contributed by atoms with E-state index < -0.39 is 0 Å². The summed E-state index contributed by atoms with van der Waals surface area (Å²) in [7, 11) is 0. The second kappa shape index (κ2) is 12.4. The molecule has 0 saturated carbocycles. The van der Waals surface area contributed by atoms with Crippen molar-refractivity contribution in [2.45, 2.75) is 13.1 Å². The largest absolute Gasteiger partial charge is 0.168 e. The minimum atomic E-state index is 0. The van der Waals surface area contributed by atoms with Crippen LogP contribution in [0.25, 0.3) is 32.3 Å². The quantitative estimate of drug-likeness (QED) is 0.127. The van der Waals surface area contributed by atoms with E-state index in [-0.39, 0.29) is 30.3 Å². The van der Waals surface area contributed by atoms with Gasteiger partial charge in [0.25, 0.3) is 0 Å². The molecule has 0 radical (unpaired) electrons. The van der Waals surface area contributed by atoms with Crippen LogP contribution >= 0.6 is 24.8 Å². The van der Waals surface area contributed by atoms with Gasteiger partial charge in [0, 0.05) is 0 Å². The Bertz CT molecular complexity index is 1060. The molecule has 5 aromatic carbocycles. The van der Waals surface area contributed by atoms with Crippen molar-refractivity contribution in [1.82, 2.24) is 0 Å². The van der Waals surface area contributed by atoms with Crippen molar-refractivity contribution >= 4 is 62.6 Å². The van der Waals surface area contributed by atoms with Crippen molar-refractivity contribution in [3.05, 3.63) is 97.1 Å². The number of benzene rings is 3. The van der Waals surface area contributed by atoms with Crippen LogP contribution in [0.15, 0.2) is 97.1 Å². The number of rotatable bonds is 0. The van der Waals surface area contributed by atoms with Gasteiger partial charge in [-0.05, 0) is 0 Å². The first kappa shape index (κ1) is 24.8. The van der Waals surface area contributed by atoms with Crippen LogP contribution in [0.2, 0.25) is 13.1 Å². The molecule has 5 aromatic rings. The molecular weight excluding hydrogens is 566 g/mol. The van der Waals surface area contributed by atoms with E-state index in [9.17, 15) is 0 Å². The molecule has 0 heterocycles. The zero-order valence-corrected chi connectivity index (χ0v) is 22.3. The van der Waals surface area contributed by atoms with Gasteiger partial charge in [-0.2, -0.15) is 17.5 Å². The zero-order chi connectivity index (χ0) is 18.4. The number of fused-ring (bicyclic) bond motifs is 4. The van der Waals surface area contributed by atoms with Gasteiger partial charge < -0.3 is 0 Å². The minimum absolute atomic E-state index is 0. The summed E-state index contributed by atoms with van der Waals surface area (Å²) in [6.45, 7) is 4.66. The molecule has 0 nitrogen and oxygen atoms in total. The maximum atomic E-state index is 2.33. The zero-order valence-electron chi connectivity index (χ0n) is 16.1. The van der Waals surface area contributed by atoms with Gasteiger partial charge in [0.1, 0.15) is 0 Å². The third-order valence-electron chi connectivity index (χ3n) is 4.07. The summed E-state index contributed by atoms with van der Waals surface area (Å²) >= 11 is 1.45. The van der Waals surface area contributed by atoms with Crippen LogP contribution in [0.3, 0.4) is 0 Å². The monoisotopic (exact) mass is 590 g/mol. The Kier molecular flexibility index (Phi) is 11.0. The molecule has 0 unspecified atom stereocenters. The first-order valence-corrected chi connectivity index (χ1v) is 16.7. The number of hydrogen-bond donors (Lipinski definition) is 0. The summed E-state index contributed by atoms with van der Waals surface area (Å²) in [5.74, 6) is 0. The molecular formula is C24H24Cl2HfSi. The van der Waals surface area contributed by atoms with Crippen LogP contribution < -0.4 is 0 Å². The summed E-state index contributed by atoms with van der Waals surface area (Å²) in [5, 5.41) is 8.05. The molecule has 0 aromatic heterocycles. The first-order chi connectivity index (χ1) is 12.6. The van der Waals surface area contributed by atoms with Crippen molar-refractivity contribution < 1.29 is 23.0 Å². The van der Waals surface area contributed by atoms with E-state index in [2.05, 4.69) is 110 Å². The van der Waals surface area contributed by atoms with Crippen molar-refractivity contribution in [3.8, 4) is 0 Å². The minimum Gasteiger partial charge on any atom is -0.168 e. The Morgan fingerprint density at radius 3 is 1.57 bits per heavy atom. The summed E-state index contributed by atoms with van der Waals surface area (Å²) < 4.78 is 0. The molecule has 0 bridgehead atoms. The van der Waals surface area contributed by atoms with Crippen LogP contribution in [0.1, 0.15) is 0 Å². The Labute approximate surface area is 194 Å². The maximum absolute atomic E-state index is 2.33. The fourth-order valence-electron chi connectivity index (χ4n) is 2.97. The van der Waals surface area contributed by atoms with Crippen molar-refractivity contribution in [1.29, 1.82) is 0 Å². The van der Waals surface area contributed by atoms with Gasteiger partial charge in [-0.15, -0.1) is 94.2 Å². The first-order valence-electron chi connectivity index (χ1n) is 8.80. The van der Waals surface area contributed by atoms with Crippen LogP contribution in [-0.4, -0.2) is 5.49 Å². The second-order valence-corrected chi connectivity index (χ2v) is 19.3. The summed E-state index contributed by atoms with van der Waals surface area (Å²) in [6.07, 6.45) is 0. The Hall–Kier alpha value is -1.19. The average Bonchev–Trinajstić information content (AvgIpc) is 3.26. The predicted octanol–water partition coefficient (Wildman–Crippen LogP) is 7.90. The van der Waals surface area contributed by atoms with E-state index in [4.69, 9.17) is 0 Å². The molecule has 0 fully saturated rings. The van der Waals surface area contributed by atoms with Crippen LogP contribution in [0.5, 0.6) is 0 Å². The van der Waals surface area contributed by atoms with Gasteiger partial charge in [-0.1, -0.05) is 42.5 Å². The average molecular weight is 590 g/mol. The van der Waals surface area contributed by atoms with E-state index in [1.807, 2.05) is 0 Å². The van der Waals surface area contributed by atoms with Crippen LogP contribution in [0, 0.1) is 0 Å². The van der Waals surface area contributed by atoms with Crippen molar-refractivity contribution in [2.24, 2.45) is 0 Å². The van der Waals surface area contributed by atoms with Crippen LogP contribution in [0.4, 0.5) is 0 Å². The molecule has 0 atom stereocenters. The van der Waals surface area contributed by atoms with Crippen LogP contribution in [-0.2, 0) is 23.0 Å². The molecule has 0 aliphatic carbocycles. The summed E-state index contributed by atoms with van der Waals surface area (Å²) in [6, 6.07) is 33.9. The SMILES string of the molecule is C[Si](C)=[Hf+2].Cl.Cl.c1ccc2[cH-]ccc2c1.c1ccc2c(c1)[cH-]c1ccccc12. The van der Waals surface area contributed by atoms with E-state index in [1.54, 1.807) is 0 Å². The van der Waals surface area contributed by atoms with Gasteiger partial charge in [-0.3, -0.25) is 0 Å². The summed E-state index contributed by atoms with van der Waals surface area (Å²) in [4.78, 5) is 0. The third-order valence-corrected chi connectivity index (χ3v) is 4.07. The topological polar surface area (TPSA) is 0 Å². The fraction of sp³-hybridized carbons (Fsp3) is 0.0833. The molecule has 0 aliphatic heterocycles. The third kappa shape index (κ3) is 6.70. The normalized spacial score (nSPS) is 9.43. The molecule has 0 N–H and O–H groups in total.